The van der Waals surface area contributed by atoms with Gasteiger partial charge < -0.3 is 9.80 Å². The third-order valence-electron chi connectivity index (χ3n) is 6.83. The van der Waals surface area contributed by atoms with Gasteiger partial charge in [-0.3, -0.25) is 0 Å². The fourth-order valence-electron chi connectivity index (χ4n) is 5.04. The van der Waals surface area contributed by atoms with E-state index in [0.29, 0.717) is 6.04 Å². The Morgan fingerprint density at radius 3 is 2.52 bits per heavy atom. The van der Waals surface area contributed by atoms with E-state index in [9.17, 15) is 0 Å². The number of piperidine rings is 1. The van der Waals surface area contributed by atoms with Crippen molar-refractivity contribution in [2.75, 3.05) is 31.1 Å². The van der Waals surface area contributed by atoms with Crippen LogP contribution in [0.2, 0.25) is 0 Å². The van der Waals surface area contributed by atoms with Crippen LogP contribution in [0.25, 0.3) is 22.0 Å². The zero-order chi connectivity index (χ0) is 19.6. The zero-order valence-corrected chi connectivity index (χ0v) is 17.2. The van der Waals surface area contributed by atoms with E-state index in [0.717, 1.165) is 36.2 Å². The highest BCUT2D eigenvalue weighted by Crippen LogP contribution is 2.30. The highest BCUT2D eigenvalue weighted by molar-refractivity contribution is 5.95. The van der Waals surface area contributed by atoms with Crippen molar-refractivity contribution in [3.63, 3.8) is 0 Å². The van der Waals surface area contributed by atoms with Gasteiger partial charge in [0, 0.05) is 24.7 Å². The fraction of sp³-hybridized carbons (Fsp3) is 0.458. The molecule has 0 radical (unpaired) electrons. The van der Waals surface area contributed by atoms with E-state index in [2.05, 4.69) is 69.4 Å². The number of benzene rings is 2. The van der Waals surface area contributed by atoms with Crippen molar-refractivity contribution < 1.29 is 0 Å². The van der Waals surface area contributed by atoms with Crippen molar-refractivity contribution in [3.8, 4) is 11.3 Å². The first kappa shape index (κ1) is 18.5. The Balaban J connectivity index is 1.33. The van der Waals surface area contributed by atoms with Gasteiger partial charge in [-0.2, -0.15) is 5.10 Å². The fourth-order valence-corrected chi connectivity index (χ4v) is 5.04. The van der Waals surface area contributed by atoms with Crippen LogP contribution in [0.1, 0.15) is 32.6 Å². The van der Waals surface area contributed by atoms with Gasteiger partial charge in [0.1, 0.15) is 0 Å². The molecule has 0 amide bonds. The van der Waals surface area contributed by atoms with E-state index < -0.39 is 0 Å². The van der Waals surface area contributed by atoms with Crippen LogP contribution in [0.4, 0.5) is 5.95 Å². The van der Waals surface area contributed by atoms with Crippen LogP contribution in [-0.4, -0.2) is 52.3 Å². The summed E-state index contributed by atoms with van der Waals surface area (Å²) in [6, 6.07) is 15.5. The highest BCUT2D eigenvalue weighted by Gasteiger charge is 2.29. The topological polar surface area (TPSA) is 45.2 Å². The second-order valence-corrected chi connectivity index (χ2v) is 8.48. The van der Waals surface area contributed by atoms with Crippen molar-refractivity contribution in [1.82, 2.24) is 20.1 Å². The van der Waals surface area contributed by atoms with Gasteiger partial charge in [0.2, 0.25) is 5.95 Å². The lowest BCUT2D eigenvalue weighted by atomic mass is 9.89. The molecule has 0 N–H and O–H groups in total. The normalized spacial score (nSPS) is 19.7. The molecule has 1 atom stereocenters. The molecule has 1 aromatic heterocycles. The summed E-state index contributed by atoms with van der Waals surface area (Å²) < 4.78 is 0. The predicted molar refractivity (Wildman–Crippen MR) is 118 cm³/mol. The average molecular weight is 388 g/mol. The molecule has 0 bridgehead atoms. The van der Waals surface area contributed by atoms with Gasteiger partial charge in [-0.05, 0) is 62.4 Å². The Labute approximate surface area is 172 Å². The van der Waals surface area contributed by atoms with Crippen molar-refractivity contribution >= 4 is 16.7 Å². The first-order chi connectivity index (χ1) is 14.3. The van der Waals surface area contributed by atoms with Crippen LogP contribution in [0.3, 0.4) is 0 Å². The maximum absolute atomic E-state index is 4.91. The van der Waals surface area contributed by atoms with Crippen LogP contribution in [-0.2, 0) is 0 Å². The summed E-state index contributed by atoms with van der Waals surface area (Å²) in [7, 11) is 0. The molecule has 0 spiro atoms. The Morgan fingerprint density at radius 2 is 1.69 bits per heavy atom. The maximum Gasteiger partial charge on any atom is 0.245 e. The van der Waals surface area contributed by atoms with E-state index in [-0.39, 0.29) is 0 Å². The number of fused-ring (bicyclic) bond motifs is 1. The molecule has 3 aromatic rings. The number of anilines is 1. The van der Waals surface area contributed by atoms with E-state index in [4.69, 9.17) is 4.98 Å². The van der Waals surface area contributed by atoms with Crippen LogP contribution < -0.4 is 4.90 Å². The van der Waals surface area contributed by atoms with Gasteiger partial charge in [-0.25, -0.2) is 4.98 Å². The molecule has 0 saturated carbocycles. The van der Waals surface area contributed by atoms with E-state index >= 15 is 0 Å². The molecular formula is C24H29N5. The summed E-state index contributed by atoms with van der Waals surface area (Å²) in [6.07, 6.45) is 6.93. The maximum atomic E-state index is 4.91. The lowest BCUT2D eigenvalue weighted by Crippen LogP contribution is -2.43. The second-order valence-electron chi connectivity index (χ2n) is 8.48. The Bertz CT molecular complexity index is 968. The summed E-state index contributed by atoms with van der Waals surface area (Å²) >= 11 is 0. The number of rotatable bonds is 4. The average Bonchev–Trinajstić information content (AvgIpc) is 3.33. The zero-order valence-electron chi connectivity index (χ0n) is 17.2. The minimum atomic E-state index is 0.695. The quantitative estimate of drug-likeness (QED) is 0.664. The Morgan fingerprint density at radius 1 is 0.931 bits per heavy atom. The molecule has 0 aliphatic carbocycles. The van der Waals surface area contributed by atoms with E-state index in [1.54, 1.807) is 6.20 Å². The minimum Gasteiger partial charge on any atom is -0.339 e. The molecule has 2 aliphatic rings. The number of likely N-dealkylation sites (tertiary alicyclic amines) is 1. The molecule has 29 heavy (non-hydrogen) atoms. The third-order valence-corrected chi connectivity index (χ3v) is 6.83. The Kier molecular flexibility index (Phi) is 5.15. The molecular weight excluding hydrogens is 358 g/mol. The molecule has 2 fully saturated rings. The van der Waals surface area contributed by atoms with E-state index in [1.807, 2.05) is 0 Å². The van der Waals surface area contributed by atoms with Gasteiger partial charge in [-0.15, -0.1) is 5.10 Å². The summed E-state index contributed by atoms with van der Waals surface area (Å²) in [4.78, 5) is 9.90. The summed E-state index contributed by atoms with van der Waals surface area (Å²) in [5, 5.41) is 11.1. The van der Waals surface area contributed by atoms with E-state index in [1.165, 1.54) is 49.5 Å². The SMILES string of the molecule is CC(C1CCN(c2nncc(-c3cccc4ccccc34)n2)CC1)N1CCCC1. The highest BCUT2D eigenvalue weighted by atomic mass is 15.3. The summed E-state index contributed by atoms with van der Waals surface area (Å²) in [5.41, 5.74) is 2.02. The van der Waals surface area contributed by atoms with Crippen LogP contribution >= 0.6 is 0 Å². The van der Waals surface area contributed by atoms with Gasteiger partial charge in [-0.1, -0.05) is 42.5 Å². The lowest BCUT2D eigenvalue weighted by Gasteiger charge is -2.38. The smallest absolute Gasteiger partial charge is 0.245 e. The second kappa shape index (κ2) is 8.07. The molecule has 2 aliphatic heterocycles. The van der Waals surface area contributed by atoms with Crippen LogP contribution in [0.15, 0.2) is 48.7 Å². The predicted octanol–water partition coefficient (Wildman–Crippen LogP) is 4.39. The number of aromatic nitrogens is 3. The van der Waals surface area contributed by atoms with Gasteiger partial charge >= 0.3 is 0 Å². The molecule has 150 valence electrons. The molecule has 1 unspecified atom stereocenters. The van der Waals surface area contributed by atoms with Crippen molar-refractivity contribution in [2.24, 2.45) is 5.92 Å². The Hall–Kier alpha value is -2.53. The molecule has 5 heteroatoms. The van der Waals surface area contributed by atoms with Crippen molar-refractivity contribution in [3.05, 3.63) is 48.7 Å². The lowest BCUT2D eigenvalue weighted by molar-refractivity contribution is 0.167. The van der Waals surface area contributed by atoms with Crippen molar-refractivity contribution in [2.45, 2.75) is 38.6 Å². The van der Waals surface area contributed by atoms with Gasteiger partial charge in [0.15, 0.2) is 0 Å². The van der Waals surface area contributed by atoms with Gasteiger partial charge in [0.25, 0.3) is 0 Å². The number of hydrogen-bond donors (Lipinski definition) is 0. The monoisotopic (exact) mass is 387 g/mol. The first-order valence-electron chi connectivity index (χ1n) is 11.0. The molecule has 5 nitrogen and oxygen atoms in total. The third kappa shape index (κ3) is 3.71. The molecule has 2 saturated heterocycles. The molecule has 5 rings (SSSR count). The summed E-state index contributed by atoms with van der Waals surface area (Å²) in [5.74, 6) is 1.54. The van der Waals surface area contributed by atoms with Gasteiger partial charge in [0.05, 0.1) is 11.9 Å². The summed E-state index contributed by atoms with van der Waals surface area (Å²) in [6.45, 7) is 7.01. The number of nitrogens with zero attached hydrogens (tertiary/aromatic N) is 5. The standard InChI is InChI=1S/C24H29N5/c1-18(28-13-4-5-14-28)19-11-15-29(16-12-19)24-26-23(17-25-27-24)22-10-6-8-20-7-2-3-9-21(20)22/h2-3,6-10,17-19H,4-5,11-16H2,1H3. The minimum absolute atomic E-state index is 0.695. The van der Waals surface area contributed by atoms with Crippen molar-refractivity contribution in [1.29, 1.82) is 0 Å². The number of hydrogen-bond acceptors (Lipinski definition) is 5. The molecule has 2 aromatic carbocycles. The molecule has 3 heterocycles. The van der Waals surface area contributed by atoms with Crippen LogP contribution in [0, 0.1) is 5.92 Å². The van der Waals surface area contributed by atoms with Crippen LogP contribution in [0.5, 0.6) is 0 Å². The first-order valence-corrected chi connectivity index (χ1v) is 11.0. The largest absolute Gasteiger partial charge is 0.339 e.